The molecule has 0 spiro atoms. The van der Waals surface area contributed by atoms with E-state index in [2.05, 4.69) is 17.6 Å². The second-order valence-corrected chi connectivity index (χ2v) is 5.01. The van der Waals surface area contributed by atoms with Crippen LogP contribution in [-0.2, 0) is 0 Å². The highest BCUT2D eigenvalue weighted by Gasteiger charge is 2.26. The number of nitrogens with one attached hydrogen (secondary N) is 1. The predicted molar refractivity (Wildman–Crippen MR) is 74.3 cm³/mol. The Morgan fingerprint density at radius 2 is 2.00 bits per heavy atom. The fourth-order valence-electron chi connectivity index (χ4n) is 2.97. The van der Waals surface area contributed by atoms with E-state index in [0.29, 0.717) is 12.5 Å². The minimum atomic E-state index is 0.216. The van der Waals surface area contributed by atoms with Crippen LogP contribution in [0.2, 0.25) is 0 Å². The maximum Gasteiger partial charge on any atom is 0.124 e. The Hall–Kier alpha value is -1.06. The normalized spacial score (nSPS) is 18.6. The molecule has 0 saturated heterocycles. The Morgan fingerprint density at radius 1 is 1.28 bits per heavy atom. The minimum Gasteiger partial charge on any atom is -0.494 e. The molecule has 3 nitrogen and oxygen atoms in total. The Labute approximate surface area is 110 Å². The molecule has 1 aromatic rings. The topological polar surface area (TPSA) is 47.3 Å². The second kappa shape index (κ2) is 6.76. The summed E-state index contributed by atoms with van der Waals surface area (Å²) in [6, 6.07) is 8.46. The van der Waals surface area contributed by atoms with Crippen LogP contribution in [0.5, 0.6) is 5.75 Å². The van der Waals surface area contributed by atoms with Crippen molar-refractivity contribution >= 4 is 0 Å². The Morgan fingerprint density at radius 3 is 2.67 bits per heavy atom. The lowest BCUT2D eigenvalue weighted by atomic mass is 9.81. The third-order valence-corrected chi connectivity index (χ3v) is 3.85. The van der Waals surface area contributed by atoms with E-state index in [1.807, 2.05) is 19.1 Å². The predicted octanol–water partition coefficient (Wildman–Crippen LogP) is 3.17. The van der Waals surface area contributed by atoms with Gasteiger partial charge in [0.2, 0.25) is 0 Å². The number of hydrazine groups is 1. The molecule has 1 fully saturated rings. The van der Waals surface area contributed by atoms with E-state index in [4.69, 9.17) is 10.6 Å². The van der Waals surface area contributed by atoms with Crippen LogP contribution in [0.4, 0.5) is 0 Å². The van der Waals surface area contributed by atoms with Gasteiger partial charge in [-0.25, -0.2) is 0 Å². The van der Waals surface area contributed by atoms with Gasteiger partial charge in [-0.05, 0) is 31.7 Å². The first-order valence-corrected chi connectivity index (χ1v) is 7.04. The number of ether oxygens (including phenoxy) is 1. The van der Waals surface area contributed by atoms with Crippen LogP contribution < -0.4 is 16.0 Å². The molecule has 0 radical (unpaired) electrons. The molecule has 1 atom stereocenters. The number of hydrogen-bond donors (Lipinski definition) is 2. The highest BCUT2D eigenvalue weighted by Crippen LogP contribution is 2.37. The molecule has 0 amide bonds. The SMILES string of the molecule is CCOc1ccccc1C(NN)C1CCCCC1. The highest BCUT2D eigenvalue weighted by atomic mass is 16.5. The van der Waals surface area contributed by atoms with Gasteiger partial charge in [0.1, 0.15) is 5.75 Å². The van der Waals surface area contributed by atoms with Gasteiger partial charge in [0.15, 0.2) is 0 Å². The average molecular weight is 248 g/mol. The standard InChI is InChI=1S/C15H24N2O/c1-2-18-14-11-7-6-10-13(14)15(17-16)12-8-4-3-5-9-12/h6-7,10-12,15,17H,2-5,8-9,16H2,1H3. The first-order valence-electron chi connectivity index (χ1n) is 7.04. The summed E-state index contributed by atoms with van der Waals surface area (Å²) in [5, 5.41) is 0. The Bertz CT molecular complexity index is 361. The van der Waals surface area contributed by atoms with E-state index in [-0.39, 0.29) is 6.04 Å². The van der Waals surface area contributed by atoms with Crippen molar-refractivity contribution in [3.63, 3.8) is 0 Å². The smallest absolute Gasteiger partial charge is 0.124 e. The van der Waals surface area contributed by atoms with Crippen molar-refractivity contribution in [3.8, 4) is 5.75 Å². The van der Waals surface area contributed by atoms with Crippen molar-refractivity contribution in [2.75, 3.05) is 6.61 Å². The number of benzene rings is 1. The van der Waals surface area contributed by atoms with Crippen molar-refractivity contribution in [1.82, 2.24) is 5.43 Å². The van der Waals surface area contributed by atoms with Gasteiger partial charge in [0, 0.05) is 5.56 Å². The zero-order valence-corrected chi connectivity index (χ0v) is 11.2. The monoisotopic (exact) mass is 248 g/mol. The van der Waals surface area contributed by atoms with E-state index in [0.717, 1.165) is 5.75 Å². The fraction of sp³-hybridized carbons (Fsp3) is 0.600. The van der Waals surface area contributed by atoms with Crippen LogP contribution >= 0.6 is 0 Å². The van der Waals surface area contributed by atoms with Crippen LogP contribution in [-0.4, -0.2) is 6.61 Å². The maximum absolute atomic E-state index is 5.80. The summed E-state index contributed by atoms with van der Waals surface area (Å²) in [6.07, 6.45) is 6.52. The van der Waals surface area contributed by atoms with Gasteiger partial charge in [-0.1, -0.05) is 37.5 Å². The van der Waals surface area contributed by atoms with Crippen LogP contribution in [0.3, 0.4) is 0 Å². The Balaban J connectivity index is 2.20. The molecule has 3 heteroatoms. The molecule has 1 aliphatic carbocycles. The zero-order valence-electron chi connectivity index (χ0n) is 11.2. The highest BCUT2D eigenvalue weighted by molar-refractivity contribution is 5.36. The van der Waals surface area contributed by atoms with Crippen LogP contribution in [0.15, 0.2) is 24.3 Å². The van der Waals surface area contributed by atoms with Gasteiger partial charge < -0.3 is 4.74 Å². The lowest BCUT2D eigenvalue weighted by molar-refractivity contribution is 0.262. The summed E-state index contributed by atoms with van der Waals surface area (Å²) in [7, 11) is 0. The molecule has 1 saturated carbocycles. The van der Waals surface area contributed by atoms with Gasteiger partial charge in [0.05, 0.1) is 12.6 Å². The van der Waals surface area contributed by atoms with Crippen LogP contribution in [0, 0.1) is 5.92 Å². The molecule has 0 aromatic heterocycles. The van der Waals surface area contributed by atoms with Crippen molar-refractivity contribution in [2.24, 2.45) is 11.8 Å². The largest absolute Gasteiger partial charge is 0.494 e. The van der Waals surface area contributed by atoms with Crippen molar-refractivity contribution < 1.29 is 4.74 Å². The molecular formula is C15H24N2O. The summed E-state index contributed by atoms with van der Waals surface area (Å²) < 4.78 is 5.72. The summed E-state index contributed by atoms with van der Waals surface area (Å²) in [6.45, 7) is 2.71. The first-order chi connectivity index (χ1) is 8.86. The molecule has 1 aromatic carbocycles. The molecule has 1 unspecified atom stereocenters. The second-order valence-electron chi connectivity index (χ2n) is 5.01. The molecule has 18 heavy (non-hydrogen) atoms. The third-order valence-electron chi connectivity index (χ3n) is 3.85. The molecule has 0 heterocycles. The lowest BCUT2D eigenvalue weighted by Crippen LogP contribution is -2.34. The quantitative estimate of drug-likeness (QED) is 0.621. The average Bonchev–Trinajstić information content (AvgIpc) is 2.43. The molecule has 1 aliphatic rings. The van der Waals surface area contributed by atoms with E-state index >= 15 is 0 Å². The first kappa shape index (κ1) is 13.4. The van der Waals surface area contributed by atoms with Crippen molar-refractivity contribution in [1.29, 1.82) is 0 Å². The summed E-state index contributed by atoms with van der Waals surface area (Å²) in [5.41, 5.74) is 4.21. The van der Waals surface area contributed by atoms with E-state index in [1.165, 1.54) is 37.7 Å². The van der Waals surface area contributed by atoms with Gasteiger partial charge in [-0.15, -0.1) is 0 Å². The van der Waals surface area contributed by atoms with Gasteiger partial charge in [-0.2, -0.15) is 0 Å². The van der Waals surface area contributed by atoms with E-state index < -0.39 is 0 Å². The van der Waals surface area contributed by atoms with Crippen molar-refractivity contribution in [2.45, 2.75) is 45.1 Å². The number of hydrogen-bond acceptors (Lipinski definition) is 3. The van der Waals surface area contributed by atoms with E-state index in [9.17, 15) is 0 Å². The van der Waals surface area contributed by atoms with Gasteiger partial charge >= 0.3 is 0 Å². The molecule has 2 rings (SSSR count). The van der Waals surface area contributed by atoms with Crippen LogP contribution in [0.25, 0.3) is 0 Å². The molecular weight excluding hydrogens is 224 g/mol. The molecule has 0 bridgehead atoms. The minimum absolute atomic E-state index is 0.216. The van der Waals surface area contributed by atoms with Gasteiger partial charge in [-0.3, -0.25) is 11.3 Å². The molecule has 100 valence electrons. The summed E-state index contributed by atoms with van der Waals surface area (Å²) >= 11 is 0. The lowest BCUT2D eigenvalue weighted by Gasteiger charge is -2.31. The number of nitrogens with two attached hydrogens (primary N) is 1. The third kappa shape index (κ3) is 3.03. The fourth-order valence-corrected chi connectivity index (χ4v) is 2.97. The summed E-state index contributed by atoms with van der Waals surface area (Å²) in [4.78, 5) is 0. The van der Waals surface area contributed by atoms with Gasteiger partial charge in [0.25, 0.3) is 0 Å². The molecule has 0 aliphatic heterocycles. The zero-order chi connectivity index (χ0) is 12.8. The van der Waals surface area contributed by atoms with Crippen LogP contribution in [0.1, 0.15) is 50.6 Å². The Kier molecular flexibility index (Phi) is 5.02. The van der Waals surface area contributed by atoms with E-state index in [1.54, 1.807) is 0 Å². The number of para-hydroxylation sites is 1. The summed E-state index contributed by atoms with van der Waals surface area (Å²) in [5.74, 6) is 7.39. The molecule has 3 N–H and O–H groups in total. The van der Waals surface area contributed by atoms with Crippen molar-refractivity contribution in [3.05, 3.63) is 29.8 Å². The maximum atomic E-state index is 5.80. The number of rotatable bonds is 5.